The summed E-state index contributed by atoms with van der Waals surface area (Å²) in [5.41, 5.74) is 0.264. The van der Waals surface area contributed by atoms with Gasteiger partial charge >= 0.3 is 18.0 Å². The minimum Gasteiger partial charge on any atom is -0.381 e. The van der Waals surface area contributed by atoms with Crippen LogP contribution in [0.1, 0.15) is 34.8 Å². The maximum absolute atomic E-state index is 15.2. The Balaban J connectivity index is 1.88. The molecule has 0 radical (unpaired) electrons. The van der Waals surface area contributed by atoms with Gasteiger partial charge in [-0.05, 0) is 41.1 Å². The lowest BCUT2D eigenvalue weighted by molar-refractivity contribution is -0.384. The highest BCUT2D eigenvalue weighted by Gasteiger charge is 2.73. The molecular formula is C21H15F8N7O4S. The van der Waals surface area contributed by atoms with Crippen LogP contribution in [0.15, 0.2) is 34.4 Å². The molecule has 220 valence electrons. The number of halogens is 8. The molecule has 0 saturated carbocycles. The minimum absolute atomic E-state index is 0.0112. The number of pyridine rings is 1. The van der Waals surface area contributed by atoms with Crippen molar-refractivity contribution in [2.45, 2.75) is 47.0 Å². The van der Waals surface area contributed by atoms with Gasteiger partial charge in [-0.25, -0.2) is 9.07 Å². The molecule has 11 nitrogen and oxygen atoms in total. The third kappa shape index (κ3) is 5.52. The molecule has 0 bridgehead atoms. The van der Waals surface area contributed by atoms with Crippen molar-refractivity contribution in [3.8, 4) is 11.3 Å². The summed E-state index contributed by atoms with van der Waals surface area (Å²) in [5.74, 6) is -15.7. The Morgan fingerprint density at radius 3 is 2.34 bits per heavy atom. The van der Waals surface area contributed by atoms with Crippen molar-refractivity contribution in [3.05, 3.63) is 51.5 Å². The highest BCUT2D eigenvalue weighted by Crippen LogP contribution is 2.52. The SMILES string of the molecule is NC(=O)c1cc([N+](=O)[O-])cc(-c2ncc(C(F)(F)C(F)(F)C(F)(F)F)cc2F)c1Sc1nnnn1C1CCOCC1. The number of carbonyl (C=O) groups is 1. The topological polar surface area (TPSA) is 152 Å². The first kappa shape index (κ1) is 30.0. The fourth-order valence-electron chi connectivity index (χ4n) is 3.86. The van der Waals surface area contributed by atoms with E-state index in [0.29, 0.717) is 43.9 Å². The zero-order valence-electron chi connectivity index (χ0n) is 20.0. The van der Waals surface area contributed by atoms with Gasteiger partial charge in [-0.15, -0.1) is 5.10 Å². The van der Waals surface area contributed by atoms with E-state index in [2.05, 4.69) is 20.5 Å². The minimum atomic E-state index is -6.69. The van der Waals surface area contributed by atoms with Crippen LogP contribution in [-0.4, -0.2) is 61.3 Å². The lowest BCUT2D eigenvalue weighted by Gasteiger charge is -2.28. The second-order valence-corrected chi connectivity index (χ2v) is 9.52. The molecule has 0 aliphatic carbocycles. The molecule has 41 heavy (non-hydrogen) atoms. The third-order valence-corrected chi connectivity index (χ3v) is 7.05. The van der Waals surface area contributed by atoms with E-state index in [1.807, 2.05) is 0 Å². The summed E-state index contributed by atoms with van der Waals surface area (Å²) >= 11 is 0.576. The number of ether oxygens (including phenoxy) is 1. The molecule has 1 fully saturated rings. The van der Waals surface area contributed by atoms with Crippen molar-refractivity contribution >= 4 is 23.4 Å². The Morgan fingerprint density at radius 1 is 1.12 bits per heavy atom. The molecule has 1 aliphatic rings. The lowest BCUT2D eigenvalue weighted by Crippen LogP contribution is -2.50. The lowest BCUT2D eigenvalue weighted by atomic mass is 10.0. The smallest absolute Gasteiger partial charge is 0.381 e. The normalized spacial score (nSPS) is 15.2. The maximum Gasteiger partial charge on any atom is 0.460 e. The molecule has 1 aliphatic heterocycles. The van der Waals surface area contributed by atoms with E-state index in [1.165, 1.54) is 4.68 Å². The Bertz CT molecular complexity index is 1490. The Kier molecular flexibility index (Phi) is 7.91. The first-order chi connectivity index (χ1) is 19.1. The Labute approximate surface area is 227 Å². The fourth-order valence-corrected chi connectivity index (χ4v) is 4.93. The molecule has 0 unspecified atom stereocenters. The van der Waals surface area contributed by atoms with Crippen LogP contribution in [0, 0.1) is 15.9 Å². The average Bonchev–Trinajstić information content (AvgIpc) is 3.36. The number of nitrogens with two attached hydrogens (primary N) is 1. The molecule has 20 heteroatoms. The molecule has 2 N–H and O–H groups in total. The average molecular weight is 613 g/mol. The van der Waals surface area contributed by atoms with Crippen LogP contribution in [0.4, 0.5) is 40.8 Å². The van der Waals surface area contributed by atoms with Crippen LogP contribution in [0.5, 0.6) is 0 Å². The third-order valence-electron chi connectivity index (χ3n) is 5.95. The van der Waals surface area contributed by atoms with Gasteiger partial charge in [-0.3, -0.25) is 19.9 Å². The number of aromatic nitrogens is 5. The van der Waals surface area contributed by atoms with E-state index in [9.17, 15) is 45.6 Å². The van der Waals surface area contributed by atoms with Gasteiger partial charge in [0.05, 0.1) is 16.5 Å². The van der Waals surface area contributed by atoms with Gasteiger partial charge in [0.1, 0.15) is 11.5 Å². The summed E-state index contributed by atoms with van der Waals surface area (Å²) in [5, 5.41) is 22.8. The van der Waals surface area contributed by atoms with Crippen LogP contribution in [0.3, 0.4) is 0 Å². The number of nitro groups is 1. The monoisotopic (exact) mass is 613 g/mol. The van der Waals surface area contributed by atoms with E-state index in [1.54, 1.807) is 0 Å². The summed E-state index contributed by atoms with van der Waals surface area (Å²) in [6.07, 6.45) is -5.88. The van der Waals surface area contributed by atoms with E-state index in [4.69, 9.17) is 10.5 Å². The molecule has 4 rings (SSSR count). The van der Waals surface area contributed by atoms with Gasteiger partial charge in [0.25, 0.3) is 5.69 Å². The van der Waals surface area contributed by atoms with E-state index >= 15 is 4.39 Å². The predicted molar refractivity (Wildman–Crippen MR) is 121 cm³/mol. The van der Waals surface area contributed by atoms with Gasteiger partial charge in [-0.2, -0.15) is 30.7 Å². The number of carbonyl (C=O) groups excluding carboxylic acids is 1. The van der Waals surface area contributed by atoms with Crippen LogP contribution in [0.25, 0.3) is 11.3 Å². The molecule has 2 aromatic heterocycles. The standard InChI is InChI=1S/C21H15F8N7O4S/c22-14-5-9(19(23,24)20(25,26)21(27,28)29)8-31-15(14)12-6-11(36(38)39)7-13(17(30)37)16(12)41-18-32-33-34-35(18)10-1-3-40-4-2-10/h5-8,10H,1-4H2,(H2,30,37). The van der Waals surface area contributed by atoms with E-state index < -0.39 is 62.7 Å². The zero-order valence-corrected chi connectivity index (χ0v) is 20.9. The number of primary amides is 1. The van der Waals surface area contributed by atoms with Gasteiger partial charge in [0.15, 0.2) is 0 Å². The van der Waals surface area contributed by atoms with Crippen molar-refractivity contribution in [2.24, 2.45) is 5.73 Å². The van der Waals surface area contributed by atoms with E-state index in [-0.39, 0.29) is 28.4 Å². The predicted octanol–water partition coefficient (Wildman–Crippen LogP) is 4.67. The molecule has 1 saturated heterocycles. The van der Waals surface area contributed by atoms with E-state index in [0.717, 1.165) is 6.07 Å². The van der Waals surface area contributed by atoms with Crippen LogP contribution < -0.4 is 5.73 Å². The summed E-state index contributed by atoms with van der Waals surface area (Å²) in [6.45, 7) is 0.729. The van der Waals surface area contributed by atoms with Crippen molar-refractivity contribution in [2.75, 3.05) is 13.2 Å². The molecular weight excluding hydrogens is 598 g/mol. The number of alkyl halides is 7. The summed E-state index contributed by atoms with van der Waals surface area (Å²) in [7, 11) is 0. The molecule has 3 heterocycles. The van der Waals surface area contributed by atoms with Crippen LogP contribution in [0.2, 0.25) is 0 Å². The summed E-state index contributed by atoms with van der Waals surface area (Å²) < 4.78 is 115. The number of hydrogen-bond donors (Lipinski definition) is 1. The Morgan fingerprint density at radius 2 is 1.78 bits per heavy atom. The number of nitrogens with zero attached hydrogens (tertiary/aromatic N) is 6. The van der Waals surface area contributed by atoms with Gasteiger partial charge < -0.3 is 10.5 Å². The Hall–Kier alpha value is -3.94. The number of nitro benzene ring substituents is 1. The molecule has 0 atom stereocenters. The number of tetrazole rings is 1. The zero-order chi connectivity index (χ0) is 30.3. The summed E-state index contributed by atoms with van der Waals surface area (Å²) in [4.78, 5) is 25.8. The van der Waals surface area contributed by atoms with Crippen molar-refractivity contribution in [1.29, 1.82) is 0 Å². The number of benzene rings is 1. The maximum atomic E-state index is 15.2. The fraction of sp³-hybridized carbons (Fsp3) is 0.381. The molecule has 1 aromatic carbocycles. The highest BCUT2D eigenvalue weighted by atomic mass is 32.2. The number of amides is 1. The van der Waals surface area contributed by atoms with Crippen molar-refractivity contribution in [3.63, 3.8) is 0 Å². The largest absolute Gasteiger partial charge is 0.460 e. The quantitative estimate of drug-likeness (QED) is 0.217. The first-order valence-electron chi connectivity index (χ1n) is 11.2. The first-order valence-corrected chi connectivity index (χ1v) is 12.0. The number of non-ortho nitro benzene ring substituents is 1. The van der Waals surface area contributed by atoms with Crippen molar-refractivity contribution in [1.82, 2.24) is 25.2 Å². The van der Waals surface area contributed by atoms with Gasteiger partial charge in [-0.1, -0.05) is 0 Å². The highest BCUT2D eigenvalue weighted by molar-refractivity contribution is 7.99. The van der Waals surface area contributed by atoms with Gasteiger partial charge in [0, 0.05) is 47.6 Å². The number of rotatable bonds is 8. The van der Waals surface area contributed by atoms with Crippen molar-refractivity contribution < 1.29 is 49.6 Å². The number of hydrogen-bond acceptors (Lipinski definition) is 9. The molecule has 1 amide bonds. The van der Waals surface area contributed by atoms with Crippen LogP contribution in [-0.2, 0) is 10.7 Å². The van der Waals surface area contributed by atoms with Gasteiger partial charge in [0.2, 0.25) is 11.1 Å². The molecule has 0 spiro atoms. The summed E-state index contributed by atoms with van der Waals surface area (Å²) in [6, 6.07) is 0.823. The molecule has 3 aromatic rings. The van der Waals surface area contributed by atoms with Crippen LogP contribution >= 0.6 is 11.8 Å². The second-order valence-electron chi connectivity index (χ2n) is 8.54. The second kappa shape index (κ2) is 10.8.